The average molecular weight is 365 g/mol. The number of halogens is 1. The zero-order chi connectivity index (χ0) is 18.7. The van der Waals surface area contributed by atoms with Gasteiger partial charge >= 0.3 is 0 Å². The van der Waals surface area contributed by atoms with Gasteiger partial charge in [0.05, 0.1) is 16.6 Å². The molecule has 0 aliphatic carbocycles. The molecule has 0 N–H and O–H groups in total. The molecule has 0 saturated carbocycles. The fourth-order valence-corrected chi connectivity index (χ4v) is 2.72. The Morgan fingerprint density at radius 1 is 1.23 bits per heavy atom. The first-order valence-corrected chi connectivity index (χ1v) is 8.08. The first kappa shape index (κ1) is 17.5. The molecule has 128 valence electrons. The standard InChI is InChI=1S/C20H13ClN2O3/c1-13-5-6-16(21)11-19(13)20-8-7-18(26-20)10-15(12-22)14-3-2-4-17(9-14)23(24)25/h2-11H,1H3. The van der Waals surface area contributed by atoms with Gasteiger partial charge in [-0.15, -0.1) is 0 Å². The number of nitriles is 1. The van der Waals surface area contributed by atoms with E-state index in [0.29, 0.717) is 22.1 Å². The van der Waals surface area contributed by atoms with Crippen molar-refractivity contribution in [3.8, 4) is 17.4 Å². The SMILES string of the molecule is Cc1ccc(Cl)cc1-c1ccc(C=C(C#N)c2cccc([N+](=O)[O-])c2)o1. The second-order valence-corrected chi connectivity index (χ2v) is 6.07. The highest BCUT2D eigenvalue weighted by molar-refractivity contribution is 6.30. The van der Waals surface area contributed by atoms with E-state index in [1.165, 1.54) is 12.1 Å². The van der Waals surface area contributed by atoms with E-state index in [-0.39, 0.29) is 11.3 Å². The van der Waals surface area contributed by atoms with Crippen molar-refractivity contribution in [2.45, 2.75) is 6.92 Å². The summed E-state index contributed by atoms with van der Waals surface area (Å²) >= 11 is 6.05. The van der Waals surface area contributed by atoms with Crippen LogP contribution in [0.15, 0.2) is 59.0 Å². The van der Waals surface area contributed by atoms with Crippen molar-refractivity contribution in [3.05, 3.63) is 86.6 Å². The summed E-state index contributed by atoms with van der Waals surface area (Å²) in [5.41, 5.74) is 2.54. The lowest BCUT2D eigenvalue weighted by atomic mass is 10.1. The van der Waals surface area contributed by atoms with Crippen LogP contribution in [0.2, 0.25) is 5.02 Å². The number of nitro groups is 1. The predicted molar refractivity (Wildman–Crippen MR) is 100 cm³/mol. The number of nitro benzene ring substituents is 1. The van der Waals surface area contributed by atoms with E-state index in [9.17, 15) is 15.4 Å². The molecule has 0 saturated heterocycles. The number of benzene rings is 2. The molecule has 0 atom stereocenters. The first-order chi connectivity index (χ1) is 12.5. The number of furan rings is 1. The molecule has 3 rings (SSSR count). The van der Waals surface area contributed by atoms with Gasteiger partial charge in [-0.1, -0.05) is 29.8 Å². The van der Waals surface area contributed by atoms with Gasteiger partial charge in [0.1, 0.15) is 11.5 Å². The van der Waals surface area contributed by atoms with Crippen molar-refractivity contribution in [2.24, 2.45) is 0 Å². The van der Waals surface area contributed by atoms with Gasteiger partial charge in [-0.2, -0.15) is 5.26 Å². The molecule has 6 heteroatoms. The van der Waals surface area contributed by atoms with E-state index < -0.39 is 4.92 Å². The van der Waals surface area contributed by atoms with Gasteiger partial charge in [0.2, 0.25) is 0 Å². The minimum Gasteiger partial charge on any atom is -0.457 e. The summed E-state index contributed by atoms with van der Waals surface area (Å²) in [5.74, 6) is 1.11. The highest BCUT2D eigenvalue weighted by Gasteiger charge is 2.11. The zero-order valence-corrected chi connectivity index (χ0v) is 14.5. The number of aryl methyl sites for hydroxylation is 1. The Kier molecular flexibility index (Phi) is 4.87. The summed E-state index contributed by atoms with van der Waals surface area (Å²) < 4.78 is 5.82. The van der Waals surface area contributed by atoms with Crippen LogP contribution in [0, 0.1) is 28.4 Å². The average Bonchev–Trinajstić information content (AvgIpc) is 3.10. The fraction of sp³-hybridized carbons (Fsp3) is 0.0500. The molecule has 0 amide bonds. The maximum absolute atomic E-state index is 10.9. The highest BCUT2D eigenvalue weighted by Crippen LogP contribution is 2.30. The van der Waals surface area contributed by atoms with Crippen molar-refractivity contribution < 1.29 is 9.34 Å². The number of allylic oxidation sites excluding steroid dienone is 1. The molecule has 0 aliphatic heterocycles. The Hall–Kier alpha value is -3.36. The lowest BCUT2D eigenvalue weighted by Crippen LogP contribution is -1.89. The van der Waals surface area contributed by atoms with Gasteiger partial charge in [-0.3, -0.25) is 10.1 Å². The third-order valence-electron chi connectivity index (χ3n) is 3.87. The Bertz CT molecular complexity index is 1060. The summed E-state index contributed by atoms with van der Waals surface area (Å²) in [7, 11) is 0. The van der Waals surface area contributed by atoms with Crippen molar-refractivity contribution in [1.82, 2.24) is 0 Å². The second-order valence-electron chi connectivity index (χ2n) is 5.64. The van der Waals surface area contributed by atoms with E-state index in [0.717, 1.165) is 11.1 Å². The fourth-order valence-electron chi connectivity index (χ4n) is 2.54. The molecule has 0 aliphatic rings. The molecule has 0 spiro atoms. The van der Waals surface area contributed by atoms with E-state index in [4.69, 9.17) is 16.0 Å². The molecule has 0 radical (unpaired) electrons. The van der Waals surface area contributed by atoms with Crippen LogP contribution in [0.5, 0.6) is 0 Å². The summed E-state index contributed by atoms with van der Waals surface area (Å²) in [4.78, 5) is 10.4. The summed E-state index contributed by atoms with van der Waals surface area (Å²) in [6.07, 6.45) is 1.56. The van der Waals surface area contributed by atoms with E-state index in [1.807, 2.05) is 19.1 Å². The molecule has 3 aromatic rings. The van der Waals surface area contributed by atoms with Crippen LogP contribution < -0.4 is 0 Å². The maximum atomic E-state index is 10.9. The van der Waals surface area contributed by atoms with Gasteiger partial charge in [0, 0.05) is 22.7 Å². The minimum atomic E-state index is -0.495. The van der Waals surface area contributed by atoms with Gasteiger partial charge in [0.25, 0.3) is 5.69 Å². The normalized spacial score (nSPS) is 11.2. The maximum Gasteiger partial charge on any atom is 0.270 e. The Balaban J connectivity index is 1.98. The smallest absolute Gasteiger partial charge is 0.270 e. The van der Waals surface area contributed by atoms with Crippen molar-refractivity contribution in [3.63, 3.8) is 0 Å². The molecular weight excluding hydrogens is 352 g/mol. The minimum absolute atomic E-state index is 0.0710. The lowest BCUT2D eigenvalue weighted by molar-refractivity contribution is -0.384. The summed E-state index contributed by atoms with van der Waals surface area (Å²) in [6, 6.07) is 17.1. The number of non-ortho nitro benzene ring substituents is 1. The second kappa shape index (κ2) is 7.26. The van der Waals surface area contributed by atoms with E-state index >= 15 is 0 Å². The molecule has 1 aromatic heterocycles. The van der Waals surface area contributed by atoms with Gasteiger partial charge in [0.15, 0.2) is 0 Å². The highest BCUT2D eigenvalue weighted by atomic mass is 35.5. The molecule has 1 heterocycles. The van der Waals surface area contributed by atoms with Gasteiger partial charge < -0.3 is 4.42 Å². The Morgan fingerprint density at radius 2 is 2.04 bits per heavy atom. The topological polar surface area (TPSA) is 80.1 Å². The molecule has 2 aromatic carbocycles. The molecule has 0 bridgehead atoms. The quantitative estimate of drug-likeness (QED) is 0.329. The number of rotatable bonds is 4. The van der Waals surface area contributed by atoms with Crippen molar-refractivity contribution >= 4 is 28.9 Å². The van der Waals surface area contributed by atoms with Crippen LogP contribution in [0.4, 0.5) is 5.69 Å². The Morgan fingerprint density at radius 3 is 2.77 bits per heavy atom. The number of hydrogen-bond donors (Lipinski definition) is 0. The summed E-state index contributed by atoms with van der Waals surface area (Å²) in [6.45, 7) is 1.95. The van der Waals surface area contributed by atoms with E-state index in [2.05, 4.69) is 6.07 Å². The van der Waals surface area contributed by atoms with Crippen LogP contribution in [-0.4, -0.2) is 4.92 Å². The molecule has 5 nitrogen and oxygen atoms in total. The van der Waals surface area contributed by atoms with Gasteiger partial charge in [-0.05, 0) is 48.4 Å². The molecule has 0 fully saturated rings. The van der Waals surface area contributed by atoms with Crippen LogP contribution >= 0.6 is 11.6 Å². The third-order valence-corrected chi connectivity index (χ3v) is 4.10. The first-order valence-electron chi connectivity index (χ1n) is 7.71. The number of nitrogens with zero attached hydrogens (tertiary/aromatic N) is 2. The third kappa shape index (κ3) is 3.66. The largest absolute Gasteiger partial charge is 0.457 e. The van der Waals surface area contributed by atoms with Crippen LogP contribution in [-0.2, 0) is 0 Å². The monoisotopic (exact) mass is 364 g/mol. The van der Waals surface area contributed by atoms with Crippen LogP contribution in [0.25, 0.3) is 23.0 Å². The van der Waals surface area contributed by atoms with Crippen LogP contribution in [0.1, 0.15) is 16.9 Å². The molecule has 26 heavy (non-hydrogen) atoms. The van der Waals surface area contributed by atoms with Gasteiger partial charge in [-0.25, -0.2) is 0 Å². The molecular formula is C20H13ClN2O3. The number of hydrogen-bond acceptors (Lipinski definition) is 4. The predicted octanol–water partition coefficient (Wildman–Crippen LogP) is 5.88. The summed E-state index contributed by atoms with van der Waals surface area (Å²) in [5, 5.41) is 20.9. The molecule has 0 unspecified atom stereocenters. The van der Waals surface area contributed by atoms with E-state index in [1.54, 1.807) is 36.4 Å². The lowest BCUT2D eigenvalue weighted by Gasteiger charge is -2.03. The Labute approximate surface area is 154 Å². The van der Waals surface area contributed by atoms with Crippen molar-refractivity contribution in [1.29, 1.82) is 5.26 Å². The van der Waals surface area contributed by atoms with Crippen LogP contribution in [0.3, 0.4) is 0 Å². The zero-order valence-electron chi connectivity index (χ0n) is 13.8. The van der Waals surface area contributed by atoms with Crippen molar-refractivity contribution in [2.75, 3.05) is 0 Å².